The lowest BCUT2D eigenvalue weighted by molar-refractivity contribution is 0.263. The average molecular weight is 983 g/mol. The highest BCUT2D eigenvalue weighted by Crippen LogP contribution is 2.18. The molecule has 0 aliphatic heterocycles. The van der Waals surface area contributed by atoms with Crippen LogP contribution in [0.2, 0.25) is 0 Å². The zero-order valence-electron chi connectivity index (χ0n) is 48.4. The van der Waals surface area contributed by atoms with Crippen molar-refractivity contribution >= 4 is 30.8 Å². The van der Waals surface area contributed by atoms with Crippen LogP contribution in [0.5, 0.6) is 5.75 Å². The van der Waals surface area contributed by atoms with Gasteiger partial charge in [0.15, 0.2) is 5.84 Å². The van der Waals surface area contributed by atoms with Crippen molar-refractivity contribution in [2.24, 2.45) is 25.0 Å². The van der Waals surface area contributed by atoms with E-state index in [0.29, 0.717) is 5.75 Å². The third-order valence-corrected chi connectivity index (χ3v) is 9.61. The molecule has 0 atom stereocenters. The molecule has 70 heavy (non-hydrogen) atoms. The minimum absolute atomic E-state index is 0. The molecule has 0 aliphatic carbocycles. The van der Waals surface area contributed by atoms with Crippen molar-refractivity contribution in [3.8, 4) is 5.75 Å². The van der Waals surface area contributed by atoms with E-state index in [0.717, 1.165) is 49.4 Å². The Labute approximate surface area is 440 Å². The summed E-state index contributed by atoms with van der Waals surface area (Å²) >= 11 is 0. The summed E-state index contributed by atoms with van der Waals surface area (Å²) < 4.78 is 0. The molecule has 0 aromatic heterocycles. The summed E-state index contributed by atoms with van der Waals surface area (Å²) in [4.78, 5) is 24.1. The van der Waals surface area contributed by atoms with Crippen LogP contribution in [0.1, 0.15) is 244 Å². The topological polar surface area (TPSA) is 88.5 Å². The van der Waals surface area contributed by atoms with Gasteiger partial charge in [-0.3, -0.25) is 24.9 Å². The van der Waals surface area contributed by atoms with E-state index in [9.17, 15) is 5.11 Å². The number of benzene rings is 2. The largest absolute Gasteiger partial charge is 0.508 e. The van der Waals surface area contributed by atoms with Gasteiger partial charge in [0, 0.05) is 56.6 Å². The van der Waals surface area contributed by atoms with Crippen molar-refractivity contribution in [2.75, 3.05) is 47.3 Å². The molecule has 0 aliphatic rings. The van der Waals surface area contributed by atoms with Crippen molar-refractivity contribution in [3.63, 3.8) is 0 Å². The molecule has 8 heteroatoms. The van der Waals surface area contributed by atoms with E-state index in [4.69, 9.17) is 0 Å². The highest BCUT2D eigenvalue weighted by molar-refractivity contribution is 6.03. The molecule has 0 saturated heterocycles. The fraction of sp³-hybridized carbons (Fsp3) is 0.694. The van der Waals surface area contributed by atoms with E-state index < -0.39 is 0 Å². The van der Waals surface area contributed by atoms with Crippen molar-refractivity contribution in [2.45, 2.75) is 241 Å². The number of nitrogens with zero attached hydrogens (tertiary/aromatic N) is 7. The first kappa shape index (κ1) is 83.1. The van der Waals surface area contributed by atoms with Crippen molar-refractivity contribution in [3.05, 3.63) is 77.5 Å². The number of hydrogen-bond donors (Lipinski definition) is 1. The molecule has 0 spiro atoms. The van der Waals surface area contributed by atoms with Crippen LogP contribution in [0.25, 0.3) is 0 Å². The van der Waals surface area contributed by atoms with Gasteiger partial charge in [-0.2, -0.15) is 0 Å². The van der Waals surface area contributed by atoms with Gasteiger partial charge in [-0.25, -0.2) is 4.99 Å². The Bertz CT molecular complexity index is 1330. The lowest BCUT2D eigenvalue weighted by Crippen LogP contribution is -2.24. The van der Waals surface area contributed by atoms with Crippen LogP contribution in [-0.2, 0) is 6.54 Å². The SMILES string of the molecule is C.C.CC=N/C=C\C.CC=NC(=NC)c1ccccc1C.CC=NC=NC.CCCCCC.CCCCCCC.CCCCCCC.CCCN(C)CCC.CCCN(CCC)Cc1ccccc1O. The molecule has 0 bridgehead atoms. The number of aryl methyl sites for hydroxylation is 1. The molecular formula is C62H123N7O. The Morgan fingerprint density at radius 3 is 1.26 bits per heavy atom. The number of para-hydroxylation sites is 1. The van der Waals surface area contributed by atoms with Crippen LogP contribution in [0.3, 0.4) is 0 Å². The molecule has 0 heterocycles. The average Bonchev–Trinajstić information content (AvgIpc) is 3.34. The van der Waals surface area contributed by atoms with Crippen LogP contribution in [0.15, 0.2) is 85.8 Å². The van der Waals surface area contributed by atoms with Gasteiger partial charge in [-0.1, -0.05) is 223 Å². The summed E-state index contributed by atoms with van der Waals surface area (Å²) in [6.07, 6.45) is 34.8. The smallest absolute Gasteiger partial charge is 0.154 e. The first-order chi connectivity index (χ1) is 32.9. The summed E-state index contributed by atoms with van der Waals surface area (Å²) in [7, 11) is 5.62. The first-order valence-electron chi connectivity index (χ1n) is 27.1. The van der Waals surface area contributed by atoms with Gasteiger partial charge in [0.05, 0.1) is 0 Å². The van der Waals surface area contributed by atoms with Crippen molar-refractivity contribution < 1.29 is 5.11 Å². The number of phenols is 1. The second-order valence-corrected chi connectivity index (χ2v) is 16.5. The van der Waals surface area contributed by atoms with Crippen LogP contribution in [-0.4, -0.2) is 93.0 Å². The molecule has 412 valence electrons. The first-order valence-corrected chi connectivity index (χ1v) is 27.1. The highest BCUT2D eigenvalue weighted by atomic mass is 16.3. The number of rotatable bonds is 24. The van der Waals surface area contributed by atoms with Gasteiger partial charge in [-0.15, -0.1) is 0 Å². The fourth-order valence-electron chi connectivity index (χ4n) is 6.02. The maximum absolute atomic E-state index is 9.67. The van der Waals surface area contributed by atoms with E-state index in [-0.39, 0.29) is 14.9 Å². The summed E-state index contributed by atoms with van der Waals surface area (Å²) in [5.41, 5.74) is 3.33. The van der Waals surface area contributed by atoms with Gasteiger partial charge in [0.2, 0.25) is 0 Å². The van der Waals surface area contributed by atoms with E-state index in [1.807, 2.05) is 70.2 Å². The summed E-state index contributed by atoms with van der Waals surface area (Å²) in [5.74, 6) is 1.20. The molecule has 1 N–H and O–H groups in total. The predicted octanol–water partition coefficient (Wildman–Crippen LogP) is 19.4. The van der Waals surface area contributed by atoms with Gasteiger partial charge >= 0.3 is 0 Å². The van der Waals surface area contributed by atoms with Gasteiger partial charge in [-0.05, 0) is 105 Å². The van der Waals surface area contributed by atoms with Gasteiger partial charge in [0.25, 0.3) is 0 Å². The molecule has 0 fully saturated rings. The number of hydrogen-bond acceptors (Lipinski definition) is 6. The molecule has 0 unspecified atom stereocenters. The molecule has 0 saturated carbocycles. The molecule has 8 nitrogen and oxygen atoms in total. The number of aliphatic imine (C=N–C) groups is 5. The van der Waals surface area contributed by atoms with Gasteiger partial charge < -0.3 is 10.0 Å². The molecule has 2 aromatic rings. The van der Waals surface area contributed by atoms with Crippen molar-refractivity contribution in [1.82, 2.24) is 9.80 Å². The van der Waals surface area contributed by atoms with Crippen LogP contribution >= 0.6 is 0 Å². The standard InChI is InChI=1S/C13H21NO.C11H14N2.C7H17N.2C7H16.C6H14.C5H9N.C4H8N2.2CH4/c1-3-9-14(10-4-2)11-12-7-5-6-8-13(12)15;1-4-13-11(12-3)10-8-6-5-7-9(10)2;1-4-6-8(3)7-5-2;2*1-3-5-7-6-4-2;2*1-3-5-6-4-2;1-3-6-4-5-2;;/h5-8,15H,3-4,9-11H2,1-2H3;4-8H,1-3H3;4-7H2,1-3H3;2*3-7H2,1-2H3;3-6H2,1-2H3;3-5H,1-2H3;3-4H,1-2H3;2*1H4/b;;;;;;5-3-,6-4?;;;. The third kappa shape index (κ3) is 70.8. The van der Waals surface area contributed by atoms with Crippen molar-refractivity contribution in [1.29, 1.82) is 0 Å². The number of phenolic OH excluding ortho intramolecular Hbond substituents is 1. The monoisotopic (exact) mass is 982 g/mol. The van der Waals surface area contributed by atoms with E-state index in [2.05, 4.69) is 124 Å². The van der Waals surface area contributed by atoms with Crippen LogP contribution in [0, 0.1) is 6.92 Å². The zero-order valence-corrected chi connectivity index (χ0v) is 48.4. The Morgan fingerprint density at radius 1 is 0.529 bits per heavy atom. The number of unbranched alkanes of at least 4 members (excludes halogenated alkanes) is 11. The Morgan fingerprint density at radius 2 is 0.943 bits per heavy atom. The molecule has 2 aromatic carbocycles. The minimum atomic E-state index is 0. The van der Waals surface area contributed by atoms with E-state index in [1.54, 1.807) is 45.0 Å². The maximum Gasteiger partial charge on any atom is 0.154 e. The van der Waals surface area contributed by atoms with Crippen LogP contribution < -0.4 is 0 Å². The molecule has 0 amide bonds. The Balaban J connectivity index is -0.000000107. The third-order valence-electron chi connectivity index (χ3n) is 9.61. The number of allylic oxidation sites excluding steroid dienone is 1. The fourth-order valence-corrected chi connectivity index (χ4v) is 6.02. The van der Waals surface area contributed by atoms with E-state index in [1.165, 1.54) is 128 Å². The predicted molar refractivity (Wildman–Crippen MR) is 330 cm³/mol. The summed E-state index contributed by atoms with van der Waals surface area (Å²) in [5, 5.41) is 9.67. The Hall–Kier alpha value is -3.75. The Kier molecular flexibility index (Phi) is 91.1. The second kappa shape index (κ2) is 76.7. The number of aromatic hydroxyl groups is 1. The quantitative estimate of drug-likeness (QED) is 0.0646. The lowest BCUT2D eigenvalue weighted by atomic mass is 10.1. The number of amidine groups is 1. The molecule has 0 radical (unpaired) electrons. The zero-order chi connectivity index (χ0) is 52.7. The molecular weight excluding hydrogens is 859 g/mol. The second-order valence-electron chi connectivity index (χ2n) is 16.5. The lowest BCUT2D eigenvalue weighted by Gasteiger charge is -2.21. The highest BCUT2D eigenvalue weighted by Gasteiger charge is 2.06. The normalized spacial score (nSPS) is 10.5. The van der Waals surface area contributed by atoms with E-state index >= 15 is 0 Å². The van der Waals surface area contributed by atoms with Crippen LogP contribution in [0.4, 0.5) is 0 Å². The maximum atomic E-state index is 9.67. The summed E-state index contributed by atoms with van der Waals surface area (Å²) in [6.45, 7) is 37.4. The minimum Gasteiger partial charge on any atom is -0.508 e. The van der Waals surface area contributed by atoms with Gasteiger partial charge in [0.1, 0.15) is 12.1 Å². The summed E-state index contributed by atoms with van der Waals surface area (Å²) in [6, 6.07) is 15.7. The molecule has 2 rings (SSSR count).